The van der Waals surface area contributed by atoms with E-state index in [1.165, 1.54) is 0 Å². The van der Waals surface area contributed by atoms with Gasteiger partial charge in [-0.3, -0.25) is 0 Å². The fraction of sp³-hybridized carbons (Fsp3) is 0. The largest absolute Gasteiger partial charge is 0.665 e. The number of rotatable bonds is 0. The van der Waals surface area contributed by atoms with Gasteiger partial charge in [-0.05, 0) is 0 Å². The summed E-state index contributed by atoms with van der Waals surface area (Å²) in [7, 11) is 0. The van der Waals surface area contributed by atoms with E-state index in [0.717, 1.165) is 0 Å². The minimum atomic E-state index is 0. The van der Waals surface area contributed by atoms with Crippen LogP contribution in [-0.2, 0) is 9.59 Å². The summed E-state index contributed by atoms with van der Waals surface area (Å²) >= 11 is 0. The molecule has 0 saturated heterocycles. The van der Waals surface area contributed by atoms with Crippen molar-refractivity contribution in [3.8, 4) is 0 Å². The van der Waals surface area contributed by atoms with E-state index in [4.69, 9.17) is 19.8 Å². The Hall–Kier alpha value is -2.06. The second-order valence-electron chi connectivity index (χ2n) is 0.183. The van der Waals surface area contributed by atoms with Gasteiger partial charge in [0.15, 0.2) is 0 Å². The van der Waals surface area contributed by atoms with Crippen LogP contribution in [0.4, 0.5) is 0 Å². The molecule has 5 heteroatoms. The van der Waals surface area contributed by atoms with E-state index >= 15 is 0 Å². The van der Waals surface area contributed by atoms with Crippen molar-refractivity contribution < 1.29 is 19.8 Å². The number of hydrogen-bond acceptors (Lipinski definition) is 2. The summed E-state index contributed by atoms with van der Waals surface area (Å²) in [6.45, 7) is 1.00. The molecule has 0 fully saturated rings. The third kappa shape index (κ3) is 3.49. The van der Waals surface area contributed by atoms with Gasteiger partial charge in [-0.15, -0.1) is 0 Å². The average Bonchev–Trinajstić information content (AvgIpc) is 1.39. The van der Waals surface area contributed by atoms with Gasteiger partial charge in [0.2, 0.25) is 0 Å². The van der Waals surface area contributed by atoms with Crippen molar-refractivity contribution in [2.75, 3.05) is 0 Å². The first-order valence-electron chi connectivity index (χ1n) is 0.855. The van der Waals surface area contributed by atoms with Gasteiger partial charge >= 0.3 is 0 Å². The van der Waals surface area contributed by atoms with Crippen LogP contribution < -0.4 is 0 Å². The summed E-state index contributed by atoms with van der Waals surface area (Å²) in [4.78, 5) is 16.5. The molecule has 0 aliphatic rings. The third-order valence-electron chi connectivity index (χ3n) is 0. The van der Waals surface area contributed by atoms with Crippen LogP contribution in [0.25, 0.3) is 0 Å². The maximum atomic E-state index is 8.24. The molecule has 0 saturated carbocycles. The molecule has 0 aromatic heterocycles. The van der Waals surface area contributed by atoms with Crippen LogP contribution >= 0.6 is 0 Å². The SMILES string of the molecule is O=[C-]O.O=[C-]O.[Rf]. The molecular weight excluding hydrogens is 355 g/mol. The minimum Gasteiger partial charge on any atom is -0.665 e. The first-order chi connectivity index (χ1) is 2.83. The smallest absolute Gasteiger partial charge is 0 e. The van der Waals surface area contributed by atoms with E-state index in [1.54, 1.807) is 0 Å². The monoisotopic (exact) mass is 357 g/mol. The first kappa shape index (κ1) is 20.4. The second kappa shape index (κ2) is 9460. The van der Waals surface area contributed by atoms with Crippen molar-refractivity contribution in [1.29, 1.82) is 0 Å². The Morgan fingerprint density at radius 1 is 1.00 bits per heavy atom. The molecule has 0 unspecified atom stereocenters. The van der Waals surface area contributed by atoms with Gasteiger partial charge in [-0.25, -0.2) is 0 Å². The molecule has 7 heavy (non-hydrogen) atoms. The molecule has 0 bridgehead atoms. The standard InChI is InChI=1S/2CHO2.Rf/c2*2-1-3;/h2*(H,2,3);/q2*-1;. The van der Waals surface area contributed by atoms with E-state index < -0.39 is 0 Å². The summed E-state index contributed by atoms with van der Waals surface area (Å²) < 4.78 is 0. The molecule has 0 atom stereocenters. The van der Waals surface area contributed by atoms with Crippen molar-refractivity contribution in [2.24, 2.45) is 0 Å². The zero-order valence-electron chi connectivity index (χ0n) is 3.42. The molecule has 0 amide bonds. The van der Waals surface area contributed by atoms with Gasteiger partial charge in [-0.1, -0.05) is 12.9 Å². The summed E-state index contributed by atoms with van der Waals surface area (Å²) in [6, 6.07) is 0. The predicted molar refractivity (Wildman–Crippen MR) is 16.6 cm³/mol. The first-order valence-corrected chi connectivity index (χ1v) is 0.855. The Kier molecular flexibility index (Phi) is 27500. The number of aliphatic hydroxyl groups excluding tert-OH is 2. The molecule has 0 aliphatic heterocycles. The fourth-order valence-corrected chi connectivity index (χ4v) is 0. The normalized spacial score (nSPS) is 3.43. The van der Waals surface area contributed by atoms with Crippen LogP contribution in [0.2, 0.25) is 0 Å². The second-order valence-corrected chi connectivity index (χ2v) is 0.183. The van der Waals surface area contributed by atoms with Crippen molar-refractivity contribution in [2.45, 2.75) is 0 Å². The van der Waals surface area contributed by atoms with Crippen LogP contribution in [0.3, 0.4) is 0 Å². The maximum Gasteiger partial charge on any atom is 0 e. The summed E-state index contributed by atoms with van der Waals surface area (Å²) in [5, 5.41) is 13.5. The molecule has 4 nitrogen and oxygen atoms in total. The quantitative estimate of drug-likeness (QED) is 0.558. The summed E-state index contributed by atoms with van der Waals surface area (Å²) in [5.74, 6) is 0. The van der Waals surface area contributed by atoms with Crippen LogP contribution in [0, 0.1) is 0 Å². The zero-order valence-corrected chi connectivity index (χ0v) is 9.82. The van der Waals surface area contributed by atoms with Gasteiger partial charge in [0.05, 0.1) is 0 Å². The maximum absolute atomic E-state index is 8.24. The van der Waals surface area contributed by atoms with Gasteiger partial charge in [-0.2, -0.15) is 0 Å². The topological polar surface area (TPSA) is 74.6 Å². The van der Waals surface area contributed by atoms with E-state index in [1.807, 2.05) is 0 Å². The molecular formula is C2H2O4Rf-2. The Morgan fingerprint density at radius 2 is 1.00 bits per heavy atom. The van der Waals surface area contributed by atoms with Crippen molar-refractivity contribution >= 4 is 12.9 Å². The Balaban J connectivity index is -0.0000000400. The van der Waals surface area contributed by atoms with E-state index in [2.05, 4.69) is 0 Å². The molecule has 38 valence electrons. The molecule has 2 N–H and O–H groups in total. The van der Waals surface area contributed by atoms with E-state index in [0.29, 0.717) is 12.9 Å². The molecule has 0 aliphatic carbocycles. The van der Waals surface area contributed by atoms with Gasteiger partial charge in [0.1, 0.15) is 0 Å². The van der Waals surface area contributed by atoms with Gasteiger partial charge in [0, 0.05) is 0 Å². The van der Waals surface area contributed by atoms with Crippen molar-refractivity contribution in [3.05, 3.63) is 0 Å². The molecule has 0 radical (unpaired) electrons. The van der Waals surface area contributed by atoms with Crippen molar-refractivity contribution in [3.63, 3.8) is 0 Å². The molecule has 0 rings (SSSR count). The summed E-state index contributed by atoms with van der Waals surface area (Å²) in [5.41, 5.74) is 0. The van der Waals surface area contributed by atoms with Crippen LogP contribution in [0.1, 0.15) is 0 Å². The van der Waals surface area contributed by atoms with Crippen molar-refractivity contribution in [1.82, 2.24) is 0 Å². The molecule has 0 spiro atoms. The predicted octanol–water partition coefficient (Wildman–Crippen LogP) is -0.777. The van der Waals surface area contributed by atoms with Gasteiger partial charge < -0.3 is 19.8 Å². The van der Waals surface area contributed by atoms with Crippen LogP contribution in [0.5, 0.6) is 0 Å². The van der Waals surface area contributed by atoms with E-state index in [-0.39, 0.29) is 0 Å². The van der Waals surface area contributed by atoms with Crippen LogP contribution in [-0.4, -0.2) is 23.2 Å². The van der Waals surface area contributed by atoms with Gasteiger partial charge in [0.25, 0.3) is 0 Å². The fourth-order valence-electron chi connectivity index (χ4n) is 0. The number of hydrogen-bond donors (Lipinski definition) is 2. The Morgan fingerprint density at radius 3 is 1.00 bits per heavy atom. The average molecular weight is 357 g/mol. The molecule has 0 aromatic carbocycles. The molecule has 0 heterocycles. The third-order valence-corrected chi connectivity index (χ3v) is 0. The zero-order chi connectivity index (χ0) is 5.41. The Bertz CT molecular complexity index is 30.7. The molecule has 0 aromatic rings. The minimum absolute atomic E-state index is 0. The summed E-state index contributed by atoms with van der Waals surface area (Å²) in [6.07, 6.45) is 0. The van der Waals surface area contributed by atoms with Crippen LogP contribution in [0.15, 0.2) is 0 Å². The van der Waals surface area contributed by atoms with E-state index in [9.17, 15) is 0 Å². The Labute approximate surface area is 34.0 Å².